The monoisotopic (exact) mass is 238 g/mol. The lowest BCUT2D eigenvalue weighted by atomic mass is 9.69. The summed E-state index contributed by atoms with van der Waals surface area (Å²) in [5, 5.41) is 3.72. The number of nitrogens with two attached hydrogens (primary N) is 1. The molecule has 0 amide bonds. The van der Waals surface area contributed by atoms with Crippen molar-refractivity contribution in [2.75, 3.05) is 19.6 Å². The maximum Gasteiger partial charge on any atom is 0.00201 e. The van der Waals surface area contributed by atoms with E-state index in [0.717, 1.165) is 19.0 Å². The average Bonchev–Trinajstić information content (AvgIpc) is 2.30. The highest BCUT2D eigenvalue weighted by Crippen LogP contribution is 2.40. The van der Waals surface area contributed by atoms with E-state index in [1.54, 1.807) is 0 Å². The summed E-state index contributed by atoms with van der Waals surface area (Å²) in [5.41, 5.74) is 7.04. The SMILES string of the molecule is CC1CCC(CN)(CNCC2(C)CCC2)CC1. The van der Waals surface area contributed by atoms with Gasteiger partial charge in [0.2, 0.25) is 0 Å². The Morgan fingerprint density at radius 2 is 1.76 bits per heavy atom. The first kappa shape index (κ1) is 13.4. The van der Waals surface area contributed by atoms with Gasteiger partial charge in [0.15, 0.2) is 0 Å². The maximum absolute atomic E-state index is 6.04. The van der Waals surface area contributed by atoms with Gasteiger partial charge in [0.05, 0.1) is 0 Å². The van der Waals surface area contributed by atoms with Crippen LogP contribution in [0.2, 0.25) is 0 Å². The molecule has 2 aliphatic carbocycles. The highest BCUT2D eigenvalue weighted by molar-refractivity contribution is 4.90. The quantitative estimate of drug-likeness (QED) is 0.773. The Hall–Kier alpha value is -0.0800. The van der Waals surface area contributed by atoms with Crippen LogP contribution in [0.5, 0.6) is 0 Å². The second-order valence-electron chi connectivity index (χ2n) is 7.15. The molecule has 0 saturated heterocycles. The van der Waals surface area contributed by atoms with Crippen LogP contribution in [-0.2, 0) is 0 Å². The van der Waals surface area contributed by atoms with Crippen LogP contribution in [0.1, 0.15) is 58.8 Å². The molecule has 0 aromatic rings. The first-order chi connectivity index (χ1) is 8.08. The zero-order valence-corrected chi connectivity index (χ0v) is 11.7. The van der Waals surface area contributed by atoms with E-state index in [0.29, 0.717) is 10.8 Å². The van der Waals surface area contributed by atoms with Gasteiger partial charge in [-0.15, -0.1) is 0 Å². The lowest BCUT2D eigenvalue weighted by Gasteiger charge is -2.42. The van der Waals surface area contributed by atoms with Crippen LogP contribution in [0.4, 0.5) is 0 Å². The van der Waals surface area contributed by atoms with Crippen molar-refractivity contribution in [3.05, 3.63) is 0 Å². The van der Waals surface area contributed by atoms with Crippen LogP contribution >= 0.6 is 0 Å². The fourth-order valence-electron chi connectivity index (χ4n) is 3.41. The minimum Gasteiger partial charge on any atom is -0.330 e. The molecule has 2 heteroatoms. The summed E-state index contributed by atoms with van der Waals surface area (Å²) < 4.78 is 0. The van der Waals surface area contributed by atoms with E-state index in [2.05, 4.69) is 19.2 Å². The van der Waals surface area contributed by atoms with Crippen molar-refractivity contribution in [1.82, 2.24) is 5.32 Å². The fraction of sp³-hybridized carbons (Fsp3) is 1.00. The van der Waals surface area contributed by atoms with E-state index in [9.17, 15) is 0 Å². The Bertz CT molecular complexity index is 237. The third-order valence-electron chi connectivity index (χ3n) is 5.38. The second kappa shape index (κ2) is 5.27. The van der Waals surface area contributed by atoms with Crippen molar-refractivity contribution >= 4 is 0 Å². The van der Waals surface area contributed by atoms with Gasteiger partial charge in [-0.1, -0.05) is 33.1 Å². The standard InChI is InChI=1S/C15H30N2/c1-13-4-8-15(10-16,9-5-13)12-17-11-14(2)6-3-7-14/h13,17H,3-12,16H2,1-2H3. The molecule has 2 saturated carbocycles. The molecule has 2 rings (SSSR count). The van der Waals surface area contributed by atoms with Crippen LogP contribution in [0.3, 0.4) is 0 Å². The van der Waals surface area contributed by atoms with Gasteiger partial charge in [-0.05, 0) is 49.0 Å². The van der Waals surface area contributed by atoms with E-state index in [-0.39, 0.29) is 0 Å². The van der Waals surface area contributed by atoms with E-state index in [1.165, 1.54) is 51.5 Å². The molecule has 0 heterocycles. The molecular formula is C15H30N2. The van der Waals surface area contributed by atoms with Gasteiger partial charge in [-0.3, -0.25) is 0 Å². The van der Waals surface area contributed by atoms with Gasteiger partial charge in [0, 0.05) is 13.1 Å². The largest absolute Gasteiger partial charge is 0.330 e. The number of nitrogens with one attached hydrogen (secondary N) is 1. The molecule has 2 fully saturated rings. The molecule has 17 heavy (non-hydrogen) atoms. The van der Waals surface area contributed by atoms with Gasteiger partial charge in [-0.25, -0.2) is 0 Å². The van der Waals surface area contributed by atoms with Crippen LogP contribution in [-0.4, -0.2) is 19.6 Å². The third-order valence-corrected chi connectivity index (χ3v) is 5.38. The predicted octanol–water partition coefficient (Wildman–Crippen LogP) is 2.92. The van der Waals surface area contributed by atoms with Gasteiger partial charge in [0.25, 0.3) is 0 Å². The lowest BCUT2D eigenvalue weighted by Crippen LogP contribution is -2.46. The average molecular weight is 238 g/mol. The van der Waals surface area contributed by atoms with Crippen molar-refractivity contribution in [3.63, 3.8) is 0 Å². The van der Waals surface area contributed by atoms with Gasteiger partial charge in [-0.2, -0.15) is 0 Å². The molecule has 0 unspecified atom stereocenters. The molecule has 0 spiro atoms. The smallest absolute Gasteiger partial charge is 0.00201 e. The molecule has 0 aromatic carbocycles. The molecule has 100 valence electrons. The highest BCUT2D eigenvalue weighted by atomic mass is 14.9. The molecule has 0 atom stereocenters. The van der Waals surface area contributed by atoms with Crippen molar-refractivity contribution in [2.45, 2.75) is 58.8 Å². The van der Waals surface area contributed by atoms with Gasteiger partial charge >= 0.3 is 0 Å². The lowest BCUT2D eigenvalue weighted by molar-refractivity contribution is 0.124. The Kier molecular flexibility index (Phi) is 4.14. The zero-order chi connectivity index (χ0) is 12.4. The second-order valence-corrected chi connectivity index (χ2v) is 7.15. The summed E-state index contributed by atoms with van der Waals surface area (Å²) in [6.45, 7) is 8.00. The number of rotatable bonds is 5. The Labute approximate surface area is 107 Å². The van der Waals surface area contributed by atoms with Crippen LogP contribution in [0.25, 0.3) is 0 Å². The normalized spacial score (nSPS) is 36.5. The third kappa shape index (κ3) is 3.23. The highest BCUT2D eigenvalue weighted by Gasteiger charge is 2.35. The topological polar surface area (TPSA) is 38.0 Å². The Balaban J connectivity index is 1.75. The van der Waals surface area contributed by atoms with E-state index in [4.69, 9.17) is 5.73 Å². The minimum absolute atomic E-state index is 0.409. The van der Waals surface area contributed by atoms with Crippen molar-refractivity contribution in [2.24, 2.45) is 22.5 Å². The first-order valence-corrected chi connectivity index (χ1v) is 7.48. The summed E-state index contributed by atoms with van der Waals surface area (Å²) >= 11 is 0. The first-order valence-electron chi connectivity index (χ1n) is 7.48. The van der Waals surface area contributed by atoms with E-state index in [1.807, 2.05) is 0 Å². The molecule has 0 radical (unpaired) electrons. The molecule has 0 aliphatic heterocycles. The van der Waals surface area contributed by atoms with E-state index < -0.39 is 0 Å². The molecule has 0 bridgehead atoms. The van der Waals surface area contributed by atoms with Crippen molar-refractivity contribution in [1.29, 1.82) is 0 Å². The summed E-state index contributed by atoms with van der Waals surface area (Å²) in [7, 11) is 0. The zero-order valence-electron chi connectivity index (χ0n) is 11.7. The predicted molar refractivity (Wildman–Crippen MR) is 73.9 cm³/mol. The van der Waals surface area contributed by atoms with E-state index >= 15 is 0 Å². The van der Waals surface area contributed by atoms with Crippen molar-refractivity contribution in [3.8, 4) is 0 Å². The maximum atomic E-state index is 6.04. The Morgan fingerprint density at radius 1 is 1.12 bits per heavy atom. The van der Waals surface area contributed by atoms with Gasteiger partial charge in [0.1, 0.15) is 0 Å². The summed E-state index contributed by atoms with van der Waals surface area (Å²) in [5.74, 6) is 0.916. The Morgan fingerprint density at radius 3 is 2.24 bits per heavy atom. The molecule has 3 N–H and O–H groups in total. The summed E-state index contributed by atoms with van der Waals surface area (Å²) in [6.07, 6.45) is 9.64. The summed E-state index contributed by atoms with van der Waals surface area (Å²) in [4.78, 5) is 0. The molecule has 2 nitrogen and oxygen atoms in total. The fourth-order valence-corrected chi connectivity index (χ4v) is 3.41. The molecular weight excluding hydrogens is 208 g/mol. The van der Waals surface area contributed by atoms with Gasteiger partial charge < -0.3 is 11.1 Å². The number of hydrogen-bond acceptors (Lipinski definition) is 2. The molecule has 2 aliphatic rings. The minimum atomic E-state index is 0.409. The van der Waals surface area contributed by atoms with Crippen LogP contribution in [0, 0.1) is 16.7 Å². The van der Waals surface area contributed by atoms with Crippen LogP contribution < -0.4 is 11.1 Å². The van der Waals surface area contributed by atoms with Crippen molar-refractivity contribution < 1.29 is 0 Å². The summed E-state index contributed by atoms with van der Waals surface area (Å²) in [6, 6.07) is 0. The van der Waals surface area contributed by atoms with Crippen LogP contribution in [0.15, 0.2) is 0 Å². The number of hydrogen-bond donors (Lipinski definition) is 2. The molecule has 0 aromatic heterocycles.